The van der Waals surface area contributed by atoms with Crippen LogP contribution in [0.3, 0.4) is 0 Å². The number of hydrogen-bond donors (Lipinski definition) is 3. The molecule has 3 N–H and O–H groups in total. The number of likely N-dealkylation sites (tertiary alicyclic amines) is 1. The maximum atomic E-state index is 10.6. The molecule has 0 amide bonds. The molecule has 2 unspecified atom stereocenters. The zero-order chi connectivity index (χ0) is 19.6. The predicted molar refractivity (Wildman–Crippen MR) is 109 cm³/mol. The second-order valence-corrected chi connectivity index (χ2v) is 6.65. The number of nitrogens with zero attached hydrogens (tertiary/aromatic N) is 2. The molecule has 0 saturated carbocycles. The van der Waals surface area contributed by atoms with Crippen molar-refractivity contribution in [2.75, 3.05) is 46.9 Å². The highest BCUT2D eigenvalue weighted by Gasteiger charge is 2.23. The van der Waals surface area contributed by atoms with Crippen LogP contribution in [0, 0.1) is 0 Å². The third-order valence-electron chi connectivity index (χ3n) is 4.97. The van der Waals surface area contributed by atoms with Crippen LogP contribution in [0.2, 0.25) is 0 Å². The zero-order valence-corrected chi connectivity index (χ0v) is 17.0. The SMILES string of the molecule is CCNC(=NCC(O)c1cc(OC)ccc1OC)NCC1CCCN1CC. The highest BCUT2D eigenvalue weighted by molar-refractivity contribution is 5.79. The van der Waals surface area contributed by atoms with Crippen molar-refractivity contribution < 1.29 is 14.6 Å². The van der Waals surface area contributed by atoms with Crippen LogP contribution < -0.4 is 20.1 Å². The number of aliphatic hydroxyl groups excluding tert-OH is 1. The van der Waals surface area contributed by atoms with Gasteiger partial charge >= 0.3 is 0 Å². The fourth-order valence-electron chi connectivity index (χ4n) is 3.47. The van der Waals surface area contributed by atoms with Gasteiger partial charge in [0, 0.05) is 24.7 Å². The number of likely N-dealkylation sites (N-methyl/N-ethyl adjacent to an activating group) is 1. The quantitative estimate of drug-likeness (QED) is 0.449. The first-order valence-electron chi connectivity index (χ1n) is 9.79. The van der Waals surface area contributed by atoms with E-state index in [-0.39, 0.29) is 6.54 Å². The maximum absolute atomic E-state index is 10.6. The summed E-state index contributed by atoms with van der Waals surface area (Å²) in [6.45, 7) is 8.35. The lowest BCUT2D eigenvalue weighted by Crippen LogP contribution is -2.45. The molecule has 1 heterocycles. The van der Waals surface area contributed by atoms with Gasteiger partial charge in [-0.05, 0) is 51.1 Å². The molecule has 0 aliphatic carbocycles. The van der Waals surface area contributed by atoms with Gasteiger partial charge in [-0.1, -0.05) is 6.92 Å². The molecule has 1 saturated heterocycles. The second kappa shape index (κ2) is 11.0. The van der Waals surface area contributed by atoms with E-state index < -0.39 is 6.10 Å². The minimum atomic E-state index is -0.774. The molecule has 1 aromatic rings. The molecule has 7 nitrogen and oxygen atoms in total. The highest BCUT2D eigenvalue weighted by atomic mass is 16.5. The normalized spacial score (nSPS) is 19.0. The van der Waals surface area contributed by atoms with Crippen LogP contribution in [0.15, 0.2) is 23.2 Å². The van der Waals surface area contributed by atoms with E-state index in [9.17, 15) is 5.11 Å². The van der Waals surface area contributed by atoms with E-state index in [0.29, 0.717) is 23.1 Å². The Balaban J connectivity index is 2.01. The minimum absolute atomic E-state index is 0.237. The summed E-state index contributed by atoms with van der Waals surface area (Å²) in [5.74, 6) is 2.03. The van der Waals surface area contributed by atoms with Crippen LogP contribution >= 0.6 is 0 Å². The van der Waals surface area contributed by atoms with Gasteiger partial charge in [0.25, 0.3) is 0 Å². The molecule has 27 heavy (non-hydrogen) atoms. The molecule has 152 valence electrons. The number of aliphatic imine (C=N–C) groups is 1. The van der Waals surface area contributed by atoms with Gasteiger partial charge in [0.1, 0.15) is 17.6 Å². The Morgan fingerprint density at radius 3 is 2.78 bits per heavy atom. The van der Waals surface area contributed by atoms with Crippen LogP contribution in [0.4, 0.5) is 0 Å². The first-order chi connectivity index (χ1) is 13.1. The molecule has 0 radical (unpaired) electrons. The van der Waals surface area contributed by atoms with Crippen molar-refractivity contribution >= 4 is 5.96 Å². The maximum Gasteiger partial charge on any atom is 0.191 e. The summed E-state index contributed by atoms with van der Waals surface area (Å²) in [7, 11) is 3.19. The van der Waals surface area contributed by atoms with Gasteiger partial charge in [-0.25, -0.2) is 0 Å². The number of guanidine groups is 1. The lowest BCUT2D eigenvalue weighted by atomic mass is 10.1. The van der Waals surface area contributed by atoms with Gasteiger partial charge < -0.3 is 25.2 Å². The summed E-state index contributed by atoms with van der Waals surface area (Å²) < 4.78 is 10.6. The van der Waals surface area contributed by atoms with E-state index >= 15 is 0 Å². The molecule has 1 aliphatic rings. The fourth-order valence-corrected chi connectivity index (χ4v) is 3.47. The molecule has 1 aliphatic heterocycles. The minimum Gasteiger partial charge on any atom is -0.497 e. The average molecular weight is 379 g/mol. The number of ether oxygens (including phenoxy) is 2. The monoisotopic (exact) mass is 378 g/mol. The first kappa shape index (κ1) is 21.3. The summed E-state index contributed by atoms with van der Waals surface area (Å²) in [5.41, 5.74) is 0.671. The Bertz CT molecular complexity index is 609. The molecule has 1 aromatic carbocycles. The van der Waals surface area contributed by atoms with Gasteiger partial charge in [-0.3, -0.25) is 9.89 Å². The summed E-state index contributed by atoms with van der Waals surface area (Å²) >= 11 is 0. The summed E-state index contributed by atoms with van der Waals surface area (Å²) in [4.78, 5) is 7.05. The summed E-state index contributed by atoms with van der Waals surface area (Å²) in [6.07, 6.45) is 1.69. The van der Waals surface area contributed by atoms with E-state index in [2.05, 4.69) is 27.4 Å². The molecule has 0 spiro atoms. The molecular weight excluding hydrogens is 344 g/mol. The largest absolute Gasteiger partial charge is 0.497 e. The third kappa shape index (κ3) is 6.01. The van der Waals surface area contributed by atoms with Gasteiger partial charge in [0.2, 0.25) is 0 Å². The van der Waals surface area contributed by atoms with E-state index in [1.165, 1.54) is 19.4 Å². The lowest BCUT2D eigenvalue weighted by molar-refractivity contribution is 0.182. The Labute approximate surface area is 162 Å². The summed E-state index contributed by atoms with van der Waals surface area (Å²) in [6, 6.07) is 5.94. The Kier molecular flexibility index (Phi) is 8.67. The third-order valence-corrected chi connectivity index (χ3v) is 4.97. The zero-order valence-electron chi connectivity index (χ0n) is 17.0. The van der Waals surface area contributed by atoms with Gasteiger partial charge in [-0.2, -0.15) is 0 Å². The lowest BCUT2D eigenvalue weighted by Gasteiger charge is -2.24. The molecule has 1 fully saturated rings. The highest BCUT2D eigenvalue weighted by Crippen LogP contribution is 2.29. The van der Waals surface area contributed by atoms with Gasteiger partial charge in [0.05, 0.1) is 20.8 Å². The number of methoxy groups -OCH3 is 2. The van der Waals surface area contributed by atoms with Crippen LogP contribution in [0.25, 0.3) is 0 Å². The van der Waals surface area contributed by atoms with Gasteiger partial charge in [-0.15, -0.1) is 0 Å². The Morgan fingerprint density at radius 1 is 1.30 bits per heavy atom. The number of rotatable bonds is 9. The van der Waals surface area contributed by atoms with Crippen molar-refractivity contribution in [3.05, 3.63) is 23.8 Å². The molecule has 0 bridgehead atoms. The molecule has 2 atom stereocenters. The van der Waals surface area contributed by atoms with Crippen LogP contribution in [-0.2, 0) is 0 Å². The summed E-state index contributed by atoms with van der Waals surface area (Å²) in [5, 5.41) is 17.3. The number of aliphatic hydroxyl groups is 1. The topological polar surface area (TPSA) is 78.4 Å². The van der Waals surface area contributed by atoms with Crippen molar-refractivity contribution in [3.63, 3.8) is 0 Å². The predicted octanol–water partition coefficient (Wildman–Crippen LogP) is 1.78. The van der Waals surface area contributed by atoms with Gasteiger partial charge in [0.15, 0.2) is 5.96 Å². The van der Waals surface area contributed by atoms with Crippen molar-refractivity contribution in [1.29, 1.82) is 0 Å². The van der Waals surface area contributed by atoms with Crippen molar-refractivity contribution in [1.82, 2.24) is 15.5 Å². The van der Waals surface area contributed by atoms with E-state index in [0.717, 1.165) is 25.6 Å². The van der Waals surface area contributed by atoms with Crippen LogP contribution in [0.5, 0.6) is 11.5 Å². The van der Waals surface area contributed by atoms with Crippen molar-refractivity contribution in [3.8, 4) is 11.5 Å². The van der Waals surface area contributed by atoms with E-state index in [1.54, 1.807) is 26.4 Å². The molecule has 0 aromatic heterocycles. The molecule has 7 heteroatoms. The van der Waals surface area contributed by atoms with Crippen LogP contribution in [-0.4, -0.2) is 69.0 Å². The fraction of sp³-hybridized carbons (Fsp3) is 0.650. The van der Waals surface area contributed by atoms with E-state index in [4.69, 9.17) is 9.47 Å². The van der Waals surface area contributed by atoms with Crippen molar-refractivity contribution in [2.24, 2.45) is 4.99 Å². The Morgan fingerprint density at radius 2 is 2.11 bits per heavy atom. The number of hydrogen-bond acceptors (Lipinski definition) is 5. The standard InChI is InChI=1S/C20H34N4O3/c1-5-21-20(22-13-15-8-7-11-24(15)6-2)23-14-18(25)17-12-16(26-3)9-10-19(17)27-4/h9-10,12,15,18,25H,5-8,11,13-14H2,1-4H3,(H2,21,22,23). The van der Waals surface area contributed by atoms with E-state index in [1.807, 2.05) is 13.0 Å². The molecular formula is C20H34N4O3. The van der Waals surface area contributed by atoms with Crippen LogP contribution in [0.1, 0.15) is 38.4 Å². The number of nitrogens with one attached hydrogen (secondary N) is 2. The van der Waals surface area contributed by atoms with Crippen molar-refractivity contribution in [2.45, 2.75) is 38.8 Å². The smallest absolute Gasteiger partial charge is 0.191 e. The molecule has 2 rings (SSSR count). The first-order valence-corrected chi connectivity index (χ1v) is 9.79. The number of benzene rings is 1. The second-order valence-electron chi connectivity index (χ2n) is 6.65. The average Bonchev–Trinajstić information content (AvgIpc) is 3.16. The Hall–Kier alpha value is -1.99.